The molecule has 0 atom stereocenters. The van der Waals surface area contributed by atoms with Crippen molar-refractivity contribution in [2.24, 2.45) is 5.73 Å². The Labute approximate surface area is 89.8 Å². The summed E-state index contributed by atoms with van der Waals surface area (Å²) in [6.07, 6.45) is 0.365. The topological polar surface area (TPSA) is 55.5 Å². The molecule has 0 aromatic heterocycles. The predicted octanol–water partition coefficient (Wildman–Crippen LogP) is 1.80. The third-order valence-electron chi connectivity index (χ3n) is 1.87. The van der Waals surface area contributed by atoms with Gasteiger partial charge in [-0.3, -0.25) is 0 Å². The summed E-state index contributed by atoms with van der Waals surface area (Å²) >= 11 is 3.10. The van der Waals surface area contributed by atoms with E-state index < -0.39 is 5.82 Å². The molecule has 1 aromatic carbocycles. The number of methoxy groups -OCH3 is 1. The molecular weight excluding hydrogens is 253 g/mol. The van der Waals surface area contributed by atoms with E-state index >= 15 is 0 Å². The minimum Gasteiger partial charge on any atom is -0.503 e. The van der Waals surface area contributed by atoms with Crippen molar-refractivity contribution in [2.45, 2.75) is 6.42 Å². The molecule has 0 aliphatic rings. The first-order valence-electron chi connectivity index (χ1n) is 4.05. The third-order valence-corrected chi connectivity index (χ3v) is 2.72. The normalized spacial score (nSPS) is 10.3. The van der Waals surface area contributed by atoms with E-state index in [0.29, 0.717) is 23.0 Å². The highest BCUT2D eigenvalue weighted by atomic mass is 79.9. The van der Waals surface area contributed by atoms with Crippen LogP contribution in [0.2, 0.25) is 0 Å². The minimum absolute atomic E-state index is 0.0997. The van der Waals surface area contributed by atoms with E-state index in [1.807, 2.05) is 0 Å². The van der Waals surface area contributed by atoms with Gasteiger partial charge in [0.15, 0.2) is 11.5 Å². The Morgan fingerprint density at radius 2 is 2.29 bits per heavy atom. The SMILES string of the molecule is COc1cc(F)c(CCN)c(Br)c1O. The number of halogens is 2. The van der Waals surface area contributed by atoms with Crippen molar-refractivity contribution in [3.05, 3.63) is 21.9 Å². The van der Waals surface area contributed by atoms with Gasteiger partial charge in [-0.05, 0) is 28.9 Å². The van der Waals surface area contributed by atoms with Gasteiger partial charge in [0, 0.05) is 11.6 Å². The lowest BCUT2D eigenvalue weighted by Gasteiger charge is -2.10. The number of hydrogen-bond donors (Lipinski definition) is 2. The number of rotatable bonds is 3. The second-order valence-electron chi connectivity index (χ2n) is 2.74. The first-order chi connectivity index (χ1) is 6.61. The van der Waals surface area contributed by atoms with Crippen LogP contribution in [0, 0.1) is 5.82 Å². The van der Waals surface area contributed by atoms with Crippen LogP contribution in [-0.4, -0.2) is 18.8 Å². The quantitative estimate of drug-likeness (QED) is 0.875. The molecule has 0 amide bonds. The highest BCUT2D eigenvalue weighted by molar-refractivity contribution is 9.10. The van der Waals surface area contributed by atoms with E-state index in [9.17, 15) is 9.50 Å². The maximum Gasteiger partial charge on any atom is 0.172 e. The minimum atomic E-state index is -0.433. The molecule has 1 rings (SSSR count). The van der Waals surface area contributed by atoms with Crippen LogP contribution >= 0.6 is 15.9 Å². The van der Waals surface area contributed by atoms with Crippen LogP contribution in [0.5, 0.6) is 11.5 Å². The molecule has 3 nitrogen and oxygen atoms in total. The van der Waals surface area contributed by atoms with E-state index in [4.69, 9.17) is 10.5 Å². The van der Waals surface area contributed by atoms with Crippen molar-refractivity contribution in [1.29, 1.82) is 0 Å². The predicted molar refractivity (Wildman–Crippen MR) is 55.1 cm³/mol. The molecule has 0 aliphatic heterocycles. The van der Waals surface area contributed by atoms with Gasteiger partial charge < -0.3 is 15.6 Å². The van der Waals surface area contributed by atoms with E-state index in [-0.39, 0.29) is 11.5 Å². The van der Waals surface area contributed by atoms with Gasteiger partial charge in [0.25, 0.3) is 0 Å². The third kappa shape index (κ3) is 1.99. The van der Waals surface area contributed by atoms with Gasteiger partial charge in [-0.1, -0.05) is 0 Å². The summed E-state index contributed by atoms with van der Waals surface area (Å²) < 4.78 is 18.5. The van der Waals surface area contributed by atoms with Gasteiger partial charge in [0.05, 0.1) is 11.6 Å². The zero-order valence-electron chi connectivity index (χ0n) is 7.68. The molecule has 14 heavy (non-hydrogen) atoms. The molecule has 0 unspecified atom stereocenters. The largest absolute Gasteiger partial charge is 0.503 e. The second kappa shape index (κ2) is 4.61. The van der Waals surface area contributed by atoms with Crippen molar-refractivity contribution in [2.75, 3.05) is 13.7 Å². The maximum absolute atomic E-state index is 13.4. The fourth-order valence-corrected chi connectivity index (χ4v) is 1.74. The molecule has 0 heterocycles. The standard InChI is InChI=1S/C9H11BrFNO2/c1-14-7-4-6(11)5(2-3-12)8(10)9(7)13/h4,13H,2-3,12H2,1H3. The molecule has 1 aromatic rings. The maximum atomic E-state index is 13.4. The molecule has 0 spiro atoms. The lowest BCUT2D eigenvalue weighted by atomic mass is 10.1. The molecule has 0 aliphatic carbocycles. The molecule has 0 saturated heterocycles. The van der Waals surface area contributed by atoms with Crippen LogP contribution in [0.25, 0.3) is 0 Å². The lowest BCUT2D eigenvalue weighted by Crippen LogP contribution is -2.05. The Bertz CT molecular complexity index is 344. The average molecular weight is 264 g/mol. The molecule has 0 fully saturated rings. The van der Waals surface area contributed by atoms with Crippen LogP contribution < -0.4 is 10.5 Å². The van der Waals surface area contributed by atoms with Gasteiger partial charge in [0.2, 0.25) is 0 Å². The van der Waals surface area contributed by atoms with Gasteiger partial charge in [-0.2, -0.15) is 0 Å². The van der Waals surface area contributed by atoms with E-state index in [2.05, 4.69) is 15.9 Å². The van der Waals surface area contributed by atoms with Gasteiger partial charge >= 0.3 is 0 Å². The van der Waals surface area contributed by atoms with Gasteiger partial charge in [-0.25, -0.2) is 4.39 Å². The average Bonchev–Trinajstić information content (AvgIpc) is 2.18. The summed E-state index contributed by atoms with van der Waals surface area (Å²) in [4.78, 5) is 0. The summed E-state index contributed by atoms with van der Waals surface area (Å²) in [5.41, 5.74) is 5.69. The fourth-order valence-electron chi connectivity index (χ4n) is 1.16. The first kappa shape index (κ1) is 11.3. The molecule has 0 bridgehead atoms. The number of hydrogen-bond acceptors (Lipinski definition) is 3. The molecule has 78 valence electrons. The highest BCUT2D eigenvalue weighted by Crippen LogP contribution is 2.38. The van der Waals surface area contributed by atoms with Crippen molar-refractivity contribution >= 4 is 15.9 Å². The van der Waals surface area contributed by atoms with Gasteiger partial charge in [0.1, 0.15) is 5.82 Å². The molecule has 5 heteroatoms. The number of aromatic hydroxyl groups is 1. The summed E-state index contributed by atoms with van der Waals surface area (Å²) in [6.45, 7) is 0.321. The molecule has 0 saturated carbocycles. The zero-order chi connectivity index (χ0) is 10.7. The molecular formula is C9H11BrFNO2. The Balaban J connectivity index is 3.26. The zero-order valence-corrected chi connectivity index (χ0v) is 9.27. The van der Waals surface area contributed by atoms with Crippen LogP contribution in [0.3, 0.4) is 0 Å². The fraction of sp³-hybridized carbons (Fsp3) is 0.333. The Morgan fingerprint density at radius 1 is 1.64 bits per heavy atom. The summed E-state index contributed by atoms with van der Waals surface area (Å²) in [5.74, 6) is -0.426. The summed E-state index contributed by atoms with van der Waals surface area (Å²) in [5, 5.41) is 9.55. The smallest absolute Gasteiger partial charge is 0.172 e. The monoisotopic (exact) mass is 263 g/mol. The van der Waals surface area contributed by atoms with E-state index in [1.54, 1.807) is 0 Å². The highest BCUT2D eigenvalue weighted by Gasteiger charge is 2.15. The number of ether oxygens (including phenoxy) is 1. The first-order valence-corrected chi connectivity index (χ1v) is 4.85. The van der Waals surface area contributed by atoms with Crippen molar-refractivity contribution < 1.29 is 14.2 Å². The van der Waals surface area contributed by atoms with Crippen LogP contribution in [0.4, 0.5) is 4.39 Å². The van der Waals surface area contributed by atoms with Crippen LogP contribution in [0.15, 0.2) is 10.5 Å². The lowest BCUT2D eigenvalue weighted by molar-refractivity contribution is 0.367. The van der Waals surface area contributed by atoms with E-state index in [1.165, 1.54) is 7.11 Å². The Hall–Kier alpha value is -0.810. The number of phenolic OH excluding ortho intramolecular Hbond substituents is 1. The van der Waals surface area contributed by atoms with Crippen molar-refractivity contribution in [3.63, 3.8) is 0 Å². The van der Waals surface area contributed by atoms with Crippen LogP contribution in [-0.2, 0) is 6.42 Å². The Morgan fingerprint density at radius 3 is 2.79 bits per heavy atom. The number of nitrogens with two attached hydrogens (primary N) is 1. The van der Waals surface area contributed by atoms with Gasteiger partial charge in [-0.15, -0.1) is 0 Å². The van der Waals surface area contributed by atoms with Crippen molar-refractivity contribution in [3.8, 4) is 11.5 Å². The van der Waals surface area contributed by atoms with Crippen LogP contribution in [0.1, 0.15) is 5.56 Å². The Kier molecular flexibility index (Phi) is 3.71. The number of phenols is 1. The van der Waals surface area contributed by atoms with Crippen molar-refractivity contribution in [1.82, 2.24) is 0 Å². The summed E-state index contributed by atoms with van der Waals surface area (Å²) in [7, 11) is 1.36. The van der Waals surface area contributed by atoms with E-state index in [0.717, 1.165) is 6.07 Å². The molecule has 3 N–H and O–H groups in total. The second-order valence-corrected chi connectivity index (χ2v) is 3.53. The number of benzene rings is 1. The summed E-state index contributed by atoms with van der Waals surface area (Å²) in [6, 6.07) is 1.14. The molecule has 0 radical (unpaired) electrons.